The molecule has 0 aliphatic carbocycles. The van der Waals surface area contributed by atoms with Crippen LogP contribution in [0.5, 0.6) is 0 Å². The number of nitrogens with zero attached hydrogens (tertiary/aromatic N) is 2. The van der Waals surface area contributed by atoms with E-state index in [1.807, 2.05) is 42.2 Å². The highest BCUT2D eigenvalue weighted by atomic mass is 32.2. The molecule has 6 heteroatoms. The van der Waals surface area contributed by atoms with Crippen LogP contribution in [0.1, 0.15) is 5.82 Å². The zero-order valence-electron chi connectivity index (χ0n) is 14.8. The number of imidazole rings is 1. The average Bonchev–Trinajstić information content (AvgIpc) is 3.18. The van der Waals surface area contributed by atoms with Crippen molar-refractivity contribution < 1.29 is 0 Å². The fourth-order valence-electron chi connectivity index (χ4n) is 2.46. The van der Waals surface area contributed by atoms with E-state index >= 15 is 0 Å². The molecule has 0 unspecified atom stereocenters. The molecule has 0 fully saturated rings. The molecule has 134 valence electrons. The summed E-state index contributed by atoms with van der Waals surface area (Å²) in [5.41, 5.74) is 2.15. The first-order valence-corrected chi connectivity index (χ1v) is 9.55. The Morgan fingerprint density at radius 3 is 2.50 bits per heavy atom. The van der Waals surface area contributed by atoms with Gasteiger partial charge in [-0.3, -0.25) is 4.99 Å². The van der Waals surface area contributed by atoms with Crippen LogP contribution >= 0.6 is 11.8 Å². The SMILES string of the molecule is CN=C(NCCSc1ccccc1)NCc1ncc(-c2ccccc2)[nH]1. The molecule has 0 spiro atoms. The van der Waals surface area contributed by atoms with Crippen LogP contribution in [-0.2, 0) is 6.54 Å². The number of thioether (sulfide) groups is 1. The van der Waals surface area contributed by atoms with Crippen LogP contribution in [0.3, 0.4) is 0 Å². The maximum atomic E-state index is 4.43. The Hall–Kier alpha value is -2.73. The molecule has 26 heavy (non-hydrogen) atoms. The molecular weight excluding hydrogens is 342 g/mol. The number of hydrogen-bond donors (Lipinski definition) is 3. The number of benzene rings is 2. The first kappa shape index (κ1) is 18.1. The zero-order valence-corrected chi connectivity index (χ0v) is 15.6. The number of rotatable bonds is 7. The van der Waals surface area contributed by atoms with Crippen LogP contribution in [-0.4, -0.2) is 35.3 Å². The molecule has 1 aromatic heterocycles. The Labute approximate surface area is 158 Å². The molecule has 0 amide bonds. The average molecular weight is 366 g/mol. The largest absolute Gasteiger partial charge is 0.356 e. The number of guanidine groups is 1. The van der Waals surface area contributed by atoms with Gasteiger partial charge in [0.2, 0.25) is 0 Å². The fourth-order valence-corrected chi connectivity index (χ4v) is 3.25. The number of nitrogens with one attached hydrogen (secondary N) is 3. The predicted octanol–water partition coefficient (Wildman–Crippen LogP) is 3.53. The minimum Gasteiger partial charge on any atom is -0.356 e. The number of aromatic amines is 1. The van der Waals surface area contributed by atoms with Crippen molar-refractivity contribution in [2.45, 2.75) is 11.4 Å². The lowest BCUT2D eigenvalue weighted by molar-refractivity contribution is 0.797. The van der Waals surface area contributed by atoms with Gasteiger partial charge in [-0.2, -0.15) is 0 Å². The number of aliphatic imine (C=N–C) groups is 1. The van der Waals surface area contributed by atoms with Crippen LogP contribution in [0, 0.1) is 0 Å². The molecule has 0 aliphatic heterocycles. The highest BCUT2D eigenvalue weighted by Crippen LogP contribution is 2.16. The van der Waals surface area contributed by atoms with E-state index in [2.05, 4.69) is 62.0 Å². The van der Waals surface area contributed by atoms with Crippen LogP contribution in [0.25, 0.3) is 11.3 Å². The first-order valence-electron chi connectivity index (χ1n) is 8.57. The van der Waals surface area contributed by atoms with Gasteiger partial charge < -0.3 is 15.6 Å². The molecule has 3 N–H and O–H groups in total. The van der Waals surface area contributed by atoms with Crippen molar-refractivity contribution in [3.8, 4) is 11.3 Å². The van der Waals surface area contributed by atoms with Crippen molar-refractivity contribution in [3.63, 3.8) is 0 Å². The molecule has 3 aromatic rings. The van der Waals surface area contributed by atoms with Crippen LogP contribution in [0.2, 0.25) is 0 Å². The number of H-pyrrole nitrogens is 1. The molecular formula is C20H23N5S. The van der Waals surface area contributed by atoms with E-state index in [1.165, 1.54) is 4.90 Å². The summed E-state index contributed by atoms with van der Waals surface area (Å²) in [5.74, 6) is 2.63. The number of hydrogen-bond acceptors (Lipinski definition) is 3. The van der Waals surface area contributed by atoms with Crippen molar-refractivity contribution in [3.05, 3.63) is 72.7 Å². The Kier molecular flexibility index (Phi) is 6.73. The summed E-state index contributed by atoms with van der Waals surface area (Å²) in [7, 11) is 1.78. The number of aromatic nitrogens is 2. The maximum Gasteiger partial charge on any atom is 0.191 e. The third-order valence-electron chi connectivity index (χ3n) is 3.77. The summed E-state index contributed by atoms with van der Waals surface area (Å²) in [6.45, 7) is 1.44. The van der Waals surface area contributed by atoms with Gasteiger partial charge in [-0.25, -0.2) is 4.98 Å². The highest BCUT2D eigenvalue weighted by molar-refractivity contribution is 7.99. The van der Waals surface area contributed by atoms with Gasteiger partial charge in [-0.05, 0) is 17.7 Å². The monoisotopic (exact) mass is 365 g/mol. The quantitative estimate of drug-likeness (QED) is 0.259. The molecule has 0 saturated carbocycles. The molecule has 1 heterocycles. The predicted molar refractivity (Wildman–Crippen MR) is 109 cm³/mol. The molecule has 0 saturated heterocycles. The minimum atomic E-state index is 0.596. The van der Waals surface area contributed by atoms with Gasteiger partial charge in [-0.15, -0.1) is 11.8 Å². The Morgan fingerprint density at radius 2 is 1.77 bits per heavy atom. The van der Waals surface area contributed by atoms with E-state index in [9.17, 15) is 0 Å². The van der Waals surface area contributed by atoms with E-state index in [0.29, 0.717) is 6.54 Å². The molecule has 0 aliphatic rings. The molecule has 0 radical (unpaired) electrons. The lowest BCUT2D eigenvalue weighted by Gasteiger charge is -2.10. The van der Waals surface area contributed by atoms with E-state index in [0.717, 1.165) is 35.3 Å². The second-order valence-corrected chi connectivity index (χ2v) is 6.79. The maximum absolute atomic E-state index is 4.43. The zero-order chi connectivity index (χ0) is 18.0. The smallest absolute Gasteiger partial charge is 0.191 e. The molecule has 0 bridgehead atoms. The van der Waals surface area contributed by atoms with Crippen molar-refractivity contribution in [2.24, 2.45) is 4.99 Å². The van der Waals surface area contributed by atoms with Gasteiger partial charge in [0.1, 0.15) is 5.82 Å². The summed E-state index contributed by atoms with van der Waals surface area (Å²) < 4.78 is 0. The third kappa shape index (κ3) is 5.39. The second kappa shape index (κ2) is 9.68. The Bertz CT molecular complexity index is 814. The van der Waals surface area contributed by atoms with Crippen molar-refractivity contribution >= 4 is 17.7 Å². The highest BCUT2D eigenvalue weighted by Gasteiger charge is 2.04. The van der Waals surface area contributed by atoms with Gasteiger partial charge in [-0.1, -0.05) is 48.5 Å². The van der Waals surface area contributed by atoms with Gasteiger partial charge in [0, 0.05) is 24.2 Å². The Balaban J connectivity index is 1.42. The summed E-state index contributed by atoms with van der Waals surface area (Å²) in [6, 6.07) is 20.6. The molecule has 5 nitrogen and oxygen atoms in total. The molecule has 0 atom stereocenters. The van der Waals surface area contributed by atoms with Crippen LogP contribution in [0.4, 0.5) is 0 Å². The van der Waals surface area contributed by atoms with Gasteiger partial charge in [0.15, 0.2) is 5.96 Å². The van der Waals surface area contributed by atoms with Crippen molar-refractivity contribution in [1.82, 2.24) is 20.6 Å². The topological polar surface area (TPSA) is 65.1 Å². The normalized spacial score (nSPS) is 11.3. The van der Waals surface area contributed by atoms with Gasteiger partial charge in [0.25, 0.3) is 0 Å². The lowest BCUT2D eigenvalue weighted by atomic mass is 10.2. The van der Waals surface area contributed by atoms with E-state index in [4.69, 9.17) is 0 Å². The minimum absolute atomic E-state index is 0.596. The second-order valence-electron chi connectivity index (χ2n) is 5.62. The lowest BCUT2D eigenvalue weighted by Crippen LogP contribution is -2.38. The van der Waals surface area contributed by atoms with Crippen molar-refractivity contribution in [1.29, 1.82) is 0 Å². The summed E-state index contributed by atoms with van der Waals surface area (Å²) in [5, 5.41) is 6.61. The summed E-state index contributed by atoms with van der Waals surface area (Å²) in [6.07, 6.45) is 1.86. The Morgan fingerprint density at radius 1 is 1.04 bits per heavy atom. The van der Waals surface area contributed by atoms with Gasteiger partial charge in [0.05, 0.1) is 18.4 Å². The standard InChI is InChI=1S/C20H23N5S/c1-21-20(22-12-13-26-17-10-6-3-7-11-17)24-15-19-23-14-18(25-19)16-8-4-2-5-9-16/h2-11,14H,12-13,15H2,1H3,(H,23,25)(H2,21,22,24). The van der Waals surface area contributed by atoms with E-state index in [1.54, 1.807) is 7.05 Å². The molecule has 2 aromatic carbocycles. The summed E-state index contributed by atoms with van der Waals surface area (Å²) in [4.78, 5) is 13.3. The molecule has 3 rings (SSSR count). The van der Waals surface area contributed by atoms with E-state index < -0.39 is 0 Å². The van der Waals surface area contributed by atoms with Crippen molar-refractivity contribution in [2.75, 3.05) is 19.3 Å². The first-order chi connectivity index (χ1) is 12.8. The van der Waals surface area contributed by atoms with Gasteiger partial charge >= 0.3 is 0 Å². The van der Waals surface area contributed by atoms with Crippen LogP contribution < -0.4 is 10.6 Å². The fraction of sp³-hybridized carbons (Fsp3) is 0.200. The van der Waals surface area contributed by atoms with Crippen LogP contribution in [0.15, 0.2) is 76.7 Å². The third-order valence-corrected chi connectivity index (χ3v) is 4.78. The summed E-state index contributed by atoms with van der Waals surface area (Å²) >= 11 is 1.82. The van der Waals surface area contributed by atoms with E-state index in [-0.39, 0.29) is 0 Å².